The molecule has 3 aromatic rings. The van der Waals surface area contributed by atoms with Gasteiger partial charge in [0.15, 0.2) is 5.82 Å². The Hall–Kier alpha value is -2.67. The van der Waals surface area contributed by atoms with Crippen LogP contribution in [0.1, 0.15) is 11.1 Å². The first-order chi connectivity index (χ1) is 10.6. The highest BCUT2D eigenvalue weighted by Crippen LogP contribution is 2.26. The summed E-state index contributed by atoms with van der Waals surface area (Å²) in [4.78, 5) is 19.5. The molecule has 3 rings (SSSR count). The first kappa shape index (κ1) is 14.3. The molecule has 0 atom stereocenters. The average Bonchev–Trinajstić information content (AvgIpc) is 3.06. The normalized spacial score (nSPS) is 11.0. The number of imidazole rings is 1. The van der Waals surface area contributed by atoms with Crippen molar-refractivity contribution in [1.82, 2.24) is 20.2 Å². The second-order valence-corrected chi connectivity index (χ2v) is 5.18. The lowest BCUT2D eigenvalue weighted by Gasteiger charge is -2.03. The number of hydrogen-bond donors (Lipinski definition) is 3. The number of methoxy groups -OCH3 is 1. The fraction of sp³-hybridized carbons (Fsp3) is 0.267. The van der Waals surface area contributed by atoms with E-state index in [1.54, 1.807) is 6.20 Å². The summed E-state index contributed by atoms with van der Waals surface area (Å²) in [6.07, 6.45) is 1.55. The Balaban J connectivity index is 1.98. The zero-order valence-corrected chi connectivity index (χ0v) is 12.7. The summed E-state index contributed by atoms with van der Waals surface area (Å²) in [5.74, 6) is 0.387. The summed E-state index contributed by atoms with van der Waals surface area (Å²) in [6, 6.07) is 4.09. The van der Waals surface area contributed by atoms with Crippen LogP contribution in [0.2, 0.25) is 0 Å². The number of anilines is 1. The highest BCUT2D eigenvalue weighted by molar-refractivity contribution is 5.95. The smallest absolute Gasteiger partial charge is 0.250 e. The van der Waals surface area contributed by atoms with Gasteiger partial charge in [0, 0.05) is 7.11 Å². The van der Waals surface area contributed by atoms with Crippen molar-refractivity contribution in [2.45, 2.75) is 13.8 Å². The summed E-state index contributed by atoms with van der Waals surface area (Å²) in [5.41, 5.74) is 5.40. The number of aromatic amines is 2. The third-order valence-electron chi connectivity index (χ3n) is 3.52. The standard InChI is InChI=1S/C15H17N5O2/c1-8-4-10-11(5-9(8)2)19-15(18-10)14-12(6-16-20-14)17-13(21)7-22-3/h4-6H,7H2,1-3H3,(H,16,20)(H,17,21)(H,18,19). The van der Waals surface area contributed by atoms with Crippen molar-refractivity contribution in [3.05, 3.63) is 29.5 Å². The minimum Gasteiger partial charge on any atom is -0.375 e. The Morgan fingerprint density at radius 1 is 1.32 bits per heavy atom. The van der Waals surface area contributed by atoms with Crippen LogP contribution in [-0.2, 0) is 9.53 Å². The number of aryl methyl sites for hydroxylation is 2. The fourth-order valence-electron chi connectivity index (χ4n) is 2.27. The quantitative estimate of drug-likeness (QED) is 0.688. The minimum absolute atomic E-state index is 0.0108. The molecule has 0 saturated heterocycles. The van der Waals surface area contributed by atoms with Crippen LogP contribution in [0.3, 0.4) is 0 Å². The van der Waals surface area contributed by atoms with Crippen LogP contribution in [0.25, 0.3) is 22.6 Å². The van der Waals surface area contributed by atoms with E-state index in [-0.39, 0.29) is 12.5 Å². The molecule has 2 aromatic heterocycles. The predicted molar refractivity (Wildman–Crippen MR) is 83.7 cm³/mol. The van der Waals surface area contributed by atoms with Crippen molar-refractivity contribution in [2.75, 3.05) is 19.0 Å². The molecular formula is C15H17N5O2. The number of hydrogen-bond acceptors (Lipinski definition) is 4. The number of amides is 1. The number of benzene rings is 1. The highest BCUT2D eigenvalue weighted by Gasteiger charge is 2.14. The van der Waals surface area contributed by atoms with Crippen LogP contribution < -0.4 is 5.32 Å². The molecule has 7 heteroatoms. The van der Waals surface area contributed by atoms with Gasteiger partial charge in [-0.05, 0) is 37.1 Å². The van der Waals surface area contributed by atoms with Crippen molar-refractivity contribution in [3.8, 4) is 11.5 Å². The van der Waals surface area contributed by atoms with Gasteiger partial charge in [-0.25, -0.2) is 4.98 Å². The summed E-state index contributed by atoms with van der Waals surface area (Å²) in [7, 11) is 1.47. The molecule has 3 N–H and O–H groups in total. The highest BCUT2D eigenvalue weighted by atomic mass is 16.5. The van der Waals surface area contributed by atoms with Crippen LogP contribution >= 0.6 is 0 Å². The van der Waals surface area contributed by atoms with Crippen LogP contribution in [0.4, 0.5) is 5.69 Å². The van der Waals surface area contributed by atoms with E-state index in [1.165, 1.54) is 18.2 Å². The van der Waals surface area contributed by atoms with Gasteiger partial charge in [-0.3, -0.25) is 9.89 Å². The third-order valence-corrected chi connectivity index (χ3v) is 3.52. The molecule has 0 unspecified atom stereocenters. The maximum Gasteiger partial charge on any atom is 0.250 e. The Kier molecular flexibility index (Phi) is 3.64. The van der Waals surface area contributed by atoms with Crippen molar-refractivity contribution in [3.63, 3.8) is 0 Å². The predicted octanol–water partition coefficient (Wildman–Crippen LogP) is 2.15. The number of nitrogens with one attached hydrogen (secondary N) is 3. The molecule has 1 amide bonds. The Morgan fingerprint density at radius 3 is 2.86 bits per heavy atom. The Bertz CT molecular complexity index is 795. The first-order valence-electron chi connectivity index (χ1n) is 6.88. The van der Waals surface area contributed by atoms with Gasteiger partial charge in [-0.15, -0.1) is 0 Å². The fourth-order valence-corrected chi connectivity index (χ4v) is 2.27. The van der Waals surface area contributed by atoms with E-state index in [9.17, 15) is 4.79 Å². The Morgan fingerprint density at radius 2 is 2.09 bits per heavy atom. The number of H-pyrrole nitrogens is 2. The minimum atomic E-state index is -0.243. The molecule has 1 aromatic carbocycles. The zero-order valence-electron chi connectivity index (χ0n) is 12.7. The summed E-state index contributed by atoms with van der Waals surface area (Å²) < 4.78 is 4.81. The zero-order chi connectivity index (χ0) is 15.7. The van der Waals surface area contributed by atoms with Gasteiger partial charge in [-0.1, -0.05) is 0 Å². The van der Waals surface area contributed by atoms with Gasteiger partial charge >= 0.3 is 0 Å². The molecule has 0 fully saturated rings. The second kappa shape index (κ2) is 5.61. The molecule has 0 saturated carbocycles. The molecule has 0 aliphatic rings. The van der Waals surface area contributed by atoms with Crippen LogP contribution in [0.15, 0.2) is 18.3 Å². The van der Waals surface area contributed by atoms with E-state index in [2.05, 4.69) is 45.4 Å². The topological polar surface area (TPSA) is 95.7 Å². The molecule has 0 aliphatic carbocycles. The average molecular weight is 299 g/mol. The number of ether oxygens (including phenoxy) is 1. The van der Waals surface area contributed by atoms with E-state index in [0.29, 0.717) is 17.2 Å². The van der Waals surface area contributed by atoms with E-state index in [1.807, 2.05) is 6.07 Å². The van der Waals surface area contributed by atoms with Gasteiger partial charge in [0.1, 0.15) is 12.3 Å². The van der Waals surface area contributed by atoms with Crippen molar-refractivity contribution < 1.29 is 9.53 Å². The third kappa shape index (κ3) is 2.58. The second-order valence-electron chi connectivity index (χ2n) is 5.18. The molecule has 7 nitrogen and oxygen atoms in total. The van der Waals surface area contributed by atoms with Gasteiger partial charge in [-0.2, -0.15) is 5.10 Å². The van der Waals surface area contributed by atoms with Gasteiger partial charge in [0.2, 0.25) is 5.91 Å². The van der Waals surface area contributed by atoms with Crippen LogP contribution in [-0.4, -0.2) is 39.8 Å². The number of carbonyl (C=O) groups is 1. The monoisotopic (exact) mass is 299 g/mol. The maximum absolute atomic E-state index is 11.6. The lowest BCUT2D eigenvalue weighted by Crippen LogP contribution is -2.17. The summed E-state index contributed by atoms with van der Waals surface area (Å²) in [5, 5.41) is 9.58. The van der Waals surface area contributed by atoms with Crippen molar-refractivity contribution >= 4 is 22.6 Å². The number of rotatable bonds is 4. The van der Waals surface area contributed by atoms with E-state index in [4.69, 9.17) is 4.74 Å². The molecular weight excluding hydrogens is 282 g/mol. The molecule has 22 heavy (non-hydrogen) atoms. The van der Waals surface area contributed by atoms with Crippen molar-refractivity contribution in [1.29, 1.82) is 0 Å². The molecule has 0 bridgehead atoms. The van der Waals surface area contributed by atoms with Crippen molar-refractivity contribution in [2.24, 2.45) is 0 Å². The maximum atomic E-state index is 11.6. The largest absolute Gasteiger partial charge is 0.375 e. The molecule has 0 radical (unpaired) electrons. The van der Waals surface area contributed by atoms with E-state index in [0.717, 1.165) is 11.0 Å². The van der Waals surface area contributed by atoms with Gasteiger partial charge in [0.05, 0.1) is 22.9 Å². The molecule has 0 aliphatic heterocycles. The lowest BCUT2D eigenvalue weighted by molar-refractivity contribution is -0.119. The number of fused-ring (bicyclic) bond motifs is 1. The lowest BCUT2D eigenvalue weighted by atomic mass is 10.1. The summed E-state index contributed by atoms with van der Waals surface area (Å²) in [6.45, 7) is 4.10. The number of carbonyl (C=O) groups excluding carboxylic acids is 1. The summed E-state index contributed by atoms with van der Waals surface area (Å²) >= 11 is 0. The van der Waals surface area contributed by atoms with Gasteiger partial charge in [0.25, 0.3) is 0 Å². The molecule has 2 heterocycles. The first-order valence-corrected chi connectivity index (χ1v) is 6.88. The van der Waals surface area contributed by atoms with Gasteiger partial charge < -0.3 is 15.0 Å². The van der Waals surface area contributed by atoms with Crippen LogP contribution in [0.5, 0.6) is 0 Å². The molecule has 0 spiro atoms. The SMILES string of the molecule is COCC(=O)Nc1cn[nH]c1-c1nc2cc(C)c(C)cc2[nH]1. The van der Waals surface area contributed by atoms with E-state index < -0.39 is 0 Å². The number of aromatic nitrogens is 4. The van der Waals surface area contributed by atoms with E-state index >= 15 is 0 Å². The number of nitrogens with zero attached hydrogens (tertiary/aromatic N) is 2. The molecule has 114 valence electrons. The Labute approximate surface area is 127 Å². The van der Waals surface area contributed by atoms with Crippen LogP contribution in [0, 0.1) is 13.8 Å².